The molecule has 1 aromatic carbocycles. The Morgan fingerprint density at radius 2 is 1.83 bits per heavy atom. The van der Waals surface area contributed by atoms with Crippen LogP contribution in [0.5, 0.6) is 0 Å². The molecule has 4 aliphatic heterocycles. The van der Waals surface area contributed by atoms with Gasteiger partial charge in [-0.05, 0) is 56.5 Å². The summed E-state index contributed by atoms with van der Waals surface area (Å²) in [7, 11) is 0. The van der Waals surface area contributed by atoms with E-state index in [2.05, 4.69) is 46.1 Å². The molecule has 4 fully saturated rings. The predicted molar refractivity (Wildman–Crippen MR) is 112 cm³/mol. The van der Waals surface area contributed by atoms with E-state index in [0.717, 1.165) is 17.6 Å². The Labute approximate surface area is 170 Å². The summed E-state index contributed by atoms with van der Waals surface area (Å²) in [6, 6.07) is 15.6. The summed E-state index contributed by atoms with van der Waals surface area (Å²) in [5, 5.41) is 4.41. The van der Waals surface area contributed by atoms with E-state index in [-0.39, 0.29) is 5.91 Å². The summed E-state index contributed by atoms with van der Waals surface area (Å²) in [6.45, 7) is 5.28. The molecule has 0 unspecified atom stereocenters. The van der Waals surface area contributed by atoms with Crippen LogP contribution in [0.3, 0.4) is 0 Å². The van der Waals surface area contributed by atoms with E-state index < -0.39 is 0 Å². The van der Waals surface area contributed by atoms with Crippen molar-refractivity contribution in [2.75, 3.05) is 19.6 Å². The molecule has 4 saturated heterocycles. The zero-order valence-electron chi connectivity index (χ0n) is 16.7. The molecule has 0 saturated carbocycles. The molecule has 3 aromatic rings. The Hall–Kier alpha value is -2.66. The van der Waals surface area contributed by atoms with Crippen LogP contribution in [-0.2, 0) is 0 Å². The molecule has 5 nitrogen and oxygen atoms in total. The van der Waals surface area contributed by atoms with Gasteiger partial charge in [0, 0.05) is 24.7 Å². The van der Waals surface area contributed by atoms with Gasteiger partial charge in [0.15, 0.2) is 0 Å². The molecule has 2 bridgehead atoms. The molecule has 0 radical (unpaired) electrons. The van der Waals surface area contributed by atoms with Gasteiger partial charge in [-0.25, -0.2) is 4.52 Å². The summed E-state index contributed by atoms with van der Waals surface area (Å²) in [6.07, 6.45) is 6.07. The molecule has 148 valence electrons. The lowest BCUT2D eigenvalue weighted by Crippen LogP contribution is -2.60. The van der Waals surface area contributed by atoms with Crippen molar-refractivity contribution in [2.24, 2.45) is 5.92 Å². The van der Waals surface area contributed by atoms with Gasteiger partial charge < -0.3 is 4.90 Å². The number of benzene rings is 1. The van der Waals surface area contributed by atoms with Crippen LogP contribution in [-0.4, -0.2) is 57.0 Å². The Balaban J connectivity index is 1.41. The smallest absolute Gasteiger partial charge is 0.258 e. The summed E-state index contributed by atoms with van der Waals surface area (Å²) < 4.78 is 1.80. The minimum absolute atomic E-state index is 0.143. The number of fused-ring (bicyclic) bond motifs is 3. The van der Waals surface area contributed by atoms with Gasteiger partial charge in [0.25, 0.3) is 5.91 Å². The Bertz CT molecular complexity index is 1060. The molecule has 4 aliphatic rings. The monoisotopic (exact) mass is 386 g/mol. The van der Waals surface area contributed by atoms with Crippen molar-refractivity contribution < 1.29 is 4.79 Å². The highest BCUT2D eigenvalue weighted by molar-refractivity contribution is 6.01. The second-order valence-corrected chi connectivity index (χ2v) is 8.92. The maximum absolute atomic E-state index is 13.7. The number of carbonyl (C=O) groups is 1. The number of likely N-dealkylation sites (tertiary alicyclic amines) is 1. The highest BCUT2D eigenvalue weighted by Gasteiger charge is 2.54. The second-order valence-electron chi connectivity index (χ2n) is 8.92. The number of aryl methyl sites for hydroxylation is 1. The summed E-state index contributed by atoms with van der Waals surface area (Å²) in [5.74, 6) is 1.14. The number of aromatic nitrogens is 2. The van der Waals surface area contributed by atoms with Crippen molar-refractivity contribution in [3.63, 3.8) is 0 Å². The SMILES string of the molecule is Cc1ccc([C@@H]2CN(C(=O)c3cnn4ccccc34)[C@@H]3C4CCN(CC4)[C@@H]32)cc1. The van der Waals surface area contributed by atoms with Gasteiger partial charge in [0.1, 0.15) is 0 Å². The predicted octanol–water partition coefficient (Wildman–Crippen LogP) is 3.35. The minimum Gasteiger partial charge on any atom is -0.333 e. The molecule has 29 heavy (non-hydrogen) atoms. The summed E-state index contributed by atoms with van der Waals surface area (Å²) in [5.41, 5.74) is 4.28. The number of nitrogens with zero attached hydrogens (tertiary/aromatic N) is 4. The molecule has 5 heteroatoms. The fourth-order valence-electron chi connectivity index (χ4n) is 6.02. The number of rotatable bonds is 2. The number of amides is 1. The van der Waals surface area contributed by atoms with E-state index in [1.165, 1.54) is 37.1 Å². The molecular weight excluding hydrogens is 360 g/mol. The fourth-order valence-corrected chi connectivity index (χ4v) is 6.02. The highest BCUT2D eigenvalue weighted by atomic mass is 16.2. The van der Waals surface area contributed by atoms with Crippen molar-refractivity contribution in [3.05, 3.63) is 71.5 Å². The molecule has 2 aromatic heterocycles. The van der Waals surface area contributed by atoms with E-state index in [1.54, 1.807) is 10.7 Å². The van der Waals surface area contributed by atoms with Crippen LogP contribution in [0, 0.1) is 12.8 Å². The van der Waals surface area contributed by atoms with Gasteiger partial charge in [-0.3, -0.25) is 9.69 Å². The number of pyridine rings is 1. The first kappa shape index (κ1) is 17.2. The van der Waals surface area contributed by atoms with E-state index in [4.69, 9.17) is 0 Å². The topological polar surface area (TPSA) is 40.9 Å². The van der Waals surface area contributed by atoms with Crippen LogP contribution in [0.4, 0.5) is 0 Å². The van der Waals surface area contributed by atoms with Gasteiger partial charge in [-0.2, -0.15) is 5.10 Å². The Kier molecular flexibility index (Phi) is 3.81. The number of piperidine rings is 3. The van der Waals surface area contributed by atoms with Crippen molar-refractivity contribution >= 4 is 11.4 Å². The van der Waals surface area contributed by atoms with Crippen molar-refractivity contribution in [1.82, 2.24) is 19.4 Å². The van der Waals surface area contributed by atoms with Crippen LogP contribution in [0.1, 0.15) is 40.2 Å². The molecular formula is C24H26N4O. The van der Waals surface area contributed by atoms with Crippen molar-refractivity contribution in [1.29, 1.82) is 0 Å². The maximum Gasteiger partial charge on any atom is 0.258 e. The van der Waals surface area contributed by atoms with Gasteiger partial charge in [0.05, 0.1) is 23.3 Å². The molecule has 0 aliphatic carbocycles. The Morgan fingerprint density at radius 1 is 1.03 bits per heavy atom. The second kappa shape index (κ2) is 6.42. The van der Waals surface area contributed by atoms with Crippen molar-refractivity contribution in [3.8, 4) is 0 Å². The van der Waals surface area contributed by atoms with Gasteiger partial charge in [0.2, 0.25) is 0 Å². The number of hydrogen-bond acceptors (Lipinski definition) is 3. The third kappa shape index (κ3) is 2.57. The Morgan fingerprint density at radius 3 is 2.62 bits per heavy atom. The average molecular weight is 386 g/mol. The summed E-state index contributed by atoms with van der Waals surface area (Å²) in [4.78, 5) is 18.6. The van der Waals surface area contributed by atoms with Crippen LogP contribution < -0.4 is 0 Å². The van der Waals surface area contributed by atoms with Gasteiger partial charge in [-0.15, -0.1) is 0 Å². The fraction of sp³-hybridized carbons (Fsp3) is 0.417. The van der Waals surface area contributed by atoms with Crippen LogP contribution >= 0.6 is 0 Å². The van der Waals surface area contributed by atoms with Gasteiger partial charge >= 0.3 is 0 Å². The first-order chi connectivity index (χ1) is 14.2. The zero-order valence-corrected chi connectivity index (χ0v) is 16.7. The molecule has 0 N–H and O–H groups in total. The normalized spacial score (nSPS) is 30.7. The first-order valence-electron chi connectivity index (χ1n) is 10.7. The zero-order chi connectivity index (χ0) is 19.5. The largest absolute Gasteiger partial charge is 0.333 e. The lowest BCUT2D eigenvalue weighted by atomic mass is 9.75. The quantitative estimate of drug-likeness (QED) is 0.678. The van der Waals surface area contributed by atoms with E-state index in [0.29, 0.717) is 23.9 Å². The van der Waals surface area contributed by atoms with Crippen LogP contribution in [0.15, 0.2) is 54.9 Å². The number of hydrogen-bond donors (Lipinski definition) is 0. The summed E-state index contributed by atoms with van der Waals surface area (Å²) >= 11 is 0. The standard InChI is InChI=1S/C24H26N4O/c1-16-5-7-17(8-6-16)20-15-27(22-18-9-12-26(13-10-18)23(20)22)24(29)19-14-25-28-11-3-2-4-21(19)28/h2-8,11,14,18,20,22-23H,9-10,12-13,15H2,1H3/t20-,22+,23+/m0/s1. The lowest BCUT2D eigenvalue weighted by molar-refractivity contribution is -0.00335. The molecule has 0 spiro atoms. The van der Waals surface area contributed by atoms with E-state index in [9.17, 15) is 4.79 Å². The van der Waals surface area contributed by atoms with Crippen LogP contribution in [0.25, 0.3) is 5.52 Å². The van der Waals surface area contributed by atoms with E-state index >= 15 is 0 Å². The maximum atomic E-state index is 13.7. The molecule has 3 atom stereocenters. The highest BCUT2D eigenvalue weighted by Crippen LogP contribution is 2.47. The molecule has 6 heterocycles. The van der Waals surface area contributed by atoms with Crippen molar-refractivity contribution in [2.45, 2.75) is 37.8 Å². The van der Waals surface area contributed by atoms with E-state index in [1.807, 2.05) is 24.4 Å². The first-order valence-corrected chi connectivity index (χ1v) is 10.7. The van der Waals surface area contributed by atoms with Gasteiger partial charge in [-0.1, -0.05) is 35.9 Å². The minimum atomic E-state index is 0.143. The molecule has 1 amide bonds. The van der Waals surface area contributed by atoms with Crippen LogP contribution in [0.2, 0.25) is 0 Å². The average Bonchev–Trinajstić information content (AvgIpc) is 3.38. The lowest BCUT2D eigenvalue weighted by Gasteiger charge is -2.51. The third-order valence-electron chi connectivity index (χ3n) is 7.42. The number of carbonyl (C=O) groups excluding carboxylic acids is 1. The third-order valence-corrected chi connectivity index (χ3v) is 7.42. The molecule has 7 rings (SSSR count).